The quantitative estimate of drug-likeness (QED) is 0.751. The van der Waals surface area contributed by atoms with Gasteiger partial charge in [0.25, 0.3) is 0 Å². The lowest BCUT2D eigenvalue weighted by Gasteiger charge is -2.30. The van der Waals surface area contributed by atoms with Crippen molar-refractivity contribution in [2.24, 2.45) is 0 Å². The molecule has 1 heterocycles. The number of Topliss-reactive ketones (excluding diaryl/α,β-unsaturated/α-hetero) is 1. The Balaban J connectivity index is 2.28. The number of ketones is 1. The summed E-state index contributed by atoms with van der Waals surface area (Å²) in [6, 6.07) is 5.98. The predicted molar refractivity (Wildman–Crippen MR) is 68.8 cm³/mol. The molecular formula is C14H19NO2. The molecule has 0 unspecified atom stereocenters. The minimum atomic E-state index is 0.208. The van der Waals surface area contributed by atoms with Crippen LogP contribution in [-0.2, 0) is 4.74 Å². The first kappa shape index (κ1) is 12.1. The second-order valence-electron chi connectivity index (χ2n) is 4.38. The smallest absolute Gasteiger partial charge is 0.162 e. The summed E-state index contributed by atoms with van der Waals surface area (Å²) in [5.41, 5.74) is 3.21. The number of rotatable bonds is 3. The van der Waals surface area contributed by atoms with E-state index in [0.717, 1.165) is 31.9 Å². The summed E-state index contributed by atoms with van der Waals surface area (Å²) in [4.78, 5) is 14.0. The van der Waals surface area contributed by atoms with Crippen LogP contribution in [0.25, 0.3) is 0 Å². The number of aryl methyl sites for hydroxylation is 1. The van der Waals surface area contributed by atoms with Gasteiger partial charge in [-0.05, 0) is 18.6 Å². The number of anilines is 1. The zero-order valence-corrected chi connectivity index (χ0v) is 10.5. The van der Waals surface area contributed by atoms with Gasteiger partial charge in [0, 0.05) is 30.8 Å². The van der Waals surface area contributed by atoms with Crippen molar-refractivity contribution >= 4 is 11.5 Å². The maximum absolute atomic E-state index is 11.7. The number of hydrogen-bond donors (Lipinski definition) is 0. The summed E-state index contributed by atoms with van der Waals surface area (Å²) in [6.07, 6.45) is 0.561. The maximum atomic E-state index is 11.7. The van der Waals surface area contributed by atoms with Crippen molar-refractivity contribution in [3.8, 4) is 0 Å². The van der Waals surface area contributed by atoms with Gasteiger partial charge in [-0.3, -0.25) is 4.79 Å². The molecule has 0 radical (unpaired) electrons. The molecule has 1 aromatic carbocycles. The fourth-order valence-electron chi connectivity index (χ4n) is 2.13. The second kappa shape index (κ2) is 5.32. The first-order valence-electron chi connectivity index (χ1n) is 6.19. The van der Waals surface area contributed by atoms with Crippen molar-refractivity contribution in [3.63, 3.8) is 0 Å². The first-order valence-corrected chi connectivity index (χ1v) is 6.19. The molecule has 0 atom stereocenters. The van der Waals surface area contributed by atoms with Crippen LogP contribution in [0, 0.1) is 6.92 Å². The molecule has 1 aliphatic heterocycles. The first-order chi connectivity index (χ1) is 8.22. The fourth-order valence-corrected chi connectivity index (χ4v) is 2.13. The number of ether oxygens (including phenoxy) is 1. The van der Waals surface area contributed by atoms with E-state index in [4.69, 9.17) is 4.74 Å². The highest BCUT2D eigenvalue weighted by molar-refractivity contribution is 5.96. The van der Waals surface area contributed by atoms with Gasteiger partial charge in [-0.1, -0.05) is 19.1 Å². The van der Waals surface area contributed by atoms with Crippen LogP contribution in [0.5, 0.6) is 0 Å². The highest BCUT2D eigenvalue weighted by atomic mass is 16.5. The van der Waals surface area contributed by atoms with Gasteiger partial charge in [0.15, 0.2) is 5.78 Å². The molecule has 0 spiro atoms. The zero-order valence-electron chi connectivity index (χ0n) is 10.5. The van der Waals surface area contributed by atoms with Crippen molar-refractivity contribution < 1.29 is 9.53 Å². The molecule has 92 valence electrons. The Morgan fingerprint density at radius 2 is 2.06 bits per heavy atom. The number of carbonyl (C=O) groups is 1. The Morgan fingerprint density at radius 1 is 1.35 bits per heavy atom. The molecular weight excluding hydrogens is 214 g/mol. The Labute approximate surface area is 102 Å². The Morgan fingerprint density at radius 3 is 2.71 bits per heavy atom. The fraction of sp³-hybridized carbons (Fsp3) is 0.500. The number of hydrogen-bond acceptors (Lipinski definition) is 3. The minimum Gasteiger partial charge on any atom is -0.378 e. The van der Waals surface area contributed by atoms with Crippen molar-refractivity contribution in [1.29, 1.82) is 0 Å². The zero-order chi connectivity index (χ0) is 12.3. The maximum Gasteiger partial charge on any atom is 0.162 e. The molecule has 1 aromatic rings. The van der Waals surface area contributed by atoms with Crippen LogP contribution in [0.4, 0.5) is 5.69 Å². The molecule has 2 rings (SSSR count). The predicted octanol–water partition coefficient (Wildman–Crippen LogP) is 2.42. The van der Waals surface area contributed by atoms with Gasteiger partial charge in [0.2, 0.25) is 0 Å². The van der Waals surface area contributed by atoms with Crippen LogP contribution < -0.4 is 4.90 Å². The third-order valence-corrected chi connectivity index (χ3v) is 3.20. The Bertz CT molecular complexity index is 409. The van der Waals surface area contributed by atoms with Crippen LogP contribution in [0.15, 0.2) is 18.2 Å². The monoisotopic (exact) mass is 233 g/mol. The summed E-state index contributed by atoms with van der Waals surface area (Å²) >= 11 is 0. The van der Waals surface area contributed by atoms with Crippen molar-refractivity contribution in [3.05, 3.63) is 29.3 Å². The molecule has 0 amide bonds. The number of carbonyl (C=O) groups excluding carboxylic acids is 1. The number of morpholine rings is 1. The van der Waals surface area contributed by atoms with E-state index in [1.807, 2.05) is 25.1 Å². The van der Waals surface area contributed by atoms with Crippen LogP contribution >= 0.6 is 0 Å². The van der Waals surface area contributed by atoms with E-state index in [0.29, 0.717) is 6.42 Å². The van der Waals surface area contributed by atoms with Gasteiger partial charge in [-0.2, -0.15) is 0 Å². The van der Waals surface area contributed by atoms with Gasteiger partial charge in [0.05, 0.1) is 13.2 Å². The highest BCUT2D eigenvalue weighted by Crippen LogP contribution is 2.23. The van der Waals surface area contributed by atoms with Crippen LogP contribution in [-0.4, -0.2) is 32.1 Å². The van der Waals surface area contributed by atoms with Crippen molar-refractivity contribution in [1.82, 2.24) is 0 Å². The SMILES string of the molecule is CCC(=O)c1ccc(C)c(N2CCOCC2)c1. The molecule has 0 bridgehead atoms. The van der Waals surface area contributed by atoms with Crippen LogP contribution in [0.2, 0.25) is 0 Å². The molecule has 17 heavy (non-hydrogen) atoms. The van der Waals surface area contributed by atoms with Crippen molar-refractivity contribution in [2.45, 2.75) is 20.3 Å². The molecule has 3 nitrogen and oxygen atoms in total. The summed E-state index contributed by atoms with van der Waals surface area (Å²) < 4.78 is 5.35. The summed E-state index contributed by atoms with van der Waals surface area (Å²) in [5.74, 6) is 0.208. The summed E-state index contributed by atoms with van der Waals surface area (Å²) in [7, 11) is 0. The molecule has 0 saturated carbocycles. The van der Waals surface area contributed by atoms with Gasteiger partial charge >= 0.3 is 0 Å². The van der Waals surface area contributed by atoms with E-state index in [1.165, 1.54) is 11.3 Å². The van der Waals surface area contributed by atoms with E-state index in [1.54, 1.807) is 0 Å². The average Bonchev–Trinajstić information content (AvgIpc) is 2.39. The summed E-state index contributed by atoms with van der Waals surface area (Å²) in [5, 5.41) is 0. The lowest BCUT2D eigenvalue weighted by molar-refractivity contribution is 0.0988. The van der Waals surface area contributed by atoms with E-state index < -0.39 is 0 Å². The largest absolute Gasteiger partial charge is 0.378 e. The van der Waals surface area contributed by atoms with Crippen LogP contribution in [0.1, 0.15) is 29.3 Å². The number of benzene rings is 1. The normalized spacial score (nSPS) is 16.0. The lowest BCUT2D eigenvalue weighted by Crippen LogP contribution is -2.36. The van der Waals surface area contributed by atoms with Crippen LogP contribution in [0.3, 0.4) is 0 Å². The molecule has 0 aliphatic carbocycles. The van der Waals surface area contributed by atoms with Crippen molar-refractivity contribution in [2.75, 3.05) is 31.2 Å². The van der Waals surface area contributed by atoms with Gasteiger partial charge in [0.1, 0.15) is 0 Å². The van der Waals surface area contributed by atoms with Gasteiger partial charge in [-0.15, -0.1) is 0 Å². The molecule has 1 saturated heterocycles. The van der Waals surface area contributed by atoms with E-state index in [-0.39, 0.29) is 5.78 Å². The topological polar surface area (TPSA) is 29.5 Å². The Hall–Kier alpha value is -1.35. The molecule has 1 aliphatic rings. The molecule has 1 fully saturated rings. The van der Waals surface area contributed by atoms with E-state index in [2.05, 4.69) is 11.8 Å². The Kier molecular flexibility index (Phi) is 3.79. The summed E-state index contributed by atoms with van der Waals surface area (Å²) in [6.45, 7) is 7.34. The standard InChI is InChI=1S/C14H19NO2/c1-3-14(16)12-5-4-11(2)13(10-12)15-6-8-17-9-7-15/h4-5,10H,3,6-9H2,1-2H3. The second-order valence-corrected chi connectivity index (χ2v) is 4.38. The number of nitrogens with zero attached hydrogens (tertiary/aromatic N) is 1. The van der Waals surface area contributed by atoms with E-state index in [9.17, 15) is 4.79 Å². The minimum absolute atomic E-state index is 0.208. The lowest BCUT2D eigenvalue weighted by atomic mass is 10.0. The van der Waals surface area contributed by atoms with E-state index >= 15 is 0 Å². The highest BCUT2D eigenvalue weighted by Gasteiger charge is 2.14. The van der Waals surface area contributed by atoms with Gasteiger partial charge in [-0.25, -0.2) is 0 Å². The third-order valence-electron chi connectivity index (χ3n) is 3.20. The molecule has 0 N–H and O–H groups in total. The molecule has 3 heteroatoms. The molecule has 0 aromatic heterocycles. The van der Waals surface area contributed by atoms with Gasteiger partial charge < -0.3 is 9.64 Å². The average molecular weight is 233 g/mol. The third kappa shape index (κ3) is 2.67.